The fourth-order valence-corrected chi connectivity index (χ4v) is 9.40. The molecular formula is C45H55BClN8O12S2+. The van der Waals surface area contributed by atoms with E-state index in [1.807, 2.05) is 55.9 Å². The van der Waals surface area contributed by atoms with Crippen LogP contribution in [0.2, 0.25) is 4.34 Å². The molecule has 5 heterocycles. The molecule has 24 heteroatoms. The van der Waals surface area contributed by atoms with Crippen LogP contribution in [0, 0.1) is 0 Å². The van der Waals surface area contributed by atoms with E-state index in [0.29, 0.717) is 36.4 Å². The maximum atomic E-state index is 14.3. The molecule has 1 fully saturated rings. The van der Waals surface area contributed by atoms with E-state index < -0.39 is 70.4 Å². The highest BCUT2D eigenvalue weighted by molar-refractivity contribution is 8.00. The Labute approximate surface area is 413 Å². The summed E-state index contributed by atoms with van der Waals surface area (Å²) in [5, 5.41) is 8.28. The summed E-state index contributed by atoms with van der Waals surface area (Å²) in [6, 6.07) is 11.7. The van der Waals surface area contributed by atoms with Crippen molar-refractivity contribution >= 4 is 101 Å². The number of aromatic nitrogens is 3. The second-order valence-electron chi connectivity index (χ2n) is 17.9. The first-order valence-electron chi connectivity index (χ1n) is 21.7. The van der Waals surface area contributed by atoms with E-state index in [1.165, 1.54) is 23.6 Å². The number of oxime groups is 1. The highest BCUT2D eigenvalue weighted by Gasteiger charge is 2.55. The van der Waals surface area contributed by atoms with Crippen LogP contribution in [0.15, 0.2) is 71.3 Å². The Hall–Kier alpha value is -6.33. The lowest BCUT2D eigenvalue weighted by molar-refractivity contribution is -0.663. The van der Waals surface area contributed by atoms with Crippen molar-refractivity contribution < 1.29 is 61.8 Å². The molecule has 2 aliphatic heterocycles. The quantitative estimate of drug-likeness (QED) is 0.0272. The van der Waals surface area contributed by atoms with E-state index in [4.69, 9.17) is 40.0 Å². The summed E-state index contributed by atoms with van der Waals surface area (Å²) in [4.78, 5) is 92.5. The van der Waals surface area contributed by atoms with Crippen molar-refractivity contribution in [2.24, 2.45) is 5.16 Å². The molecule has 20 nitrogen and oxygen atoms in total. The fraction of sp³-hybridized carbons (Fsp3) is 0.444. The van der Waals surface area contributed by atoms with Gasteiger partial charge in [0.2, 0.25) is 11.6 Å². The summed E-state index contributed by atoms with van der Waals surface area (Å²) < 4.78 is 30.6. The van der Waals surface area contributed by atoms with E-state index >= 15 is 0 Å². The number of rotatable bonds is 17. The van der Waals surface area contributed by atoms with Gasteiger partial charge in [0.25, 0.3) is 11.8 Å². The number of methoxy groups -OCH3 is 1. The average molecular weight is 1010 g/mol. The number of fused-ring (bicyclic) bond motifs is 2. The first kappa shape index (κ1) is 52.1. The third-order valence-electron chi connectivity index (χ3n) is 10.3. The van der Waals surface area contributed by atoms with Crippen LogP contribution < -0.4 is 19.9 Å². The molecule has 4 amide bonds. The molecule has 69 heavy (non-hydrogen) atoms. The number of hydrogen-bond donors (Lipinski definition) is 2. The zero-order chi connectivity index (χ0) is 50.4. The third kappa shape index (κ3) is 13.1. The molecular weight excluding hydrogens is 955 g/mol. The van der Waals surface area contributed by atoms with Crippen LogP contribution in [0.5, 0.6) is 5.75 Å². The monoisotopic (exact) mass is 1010 g/mol. The van der Waals surface area contributed by atoms with Crippen LogP contribution in [-0.2, 0) is 62.6 Å². The molecule has 0 radical (unpaired) electrons. The number of benzene rings is 1. The van der Waals surface area contributed by atoms with Crippen molar-refractivity contribution in [3.63, 3.8) is 0 Å². The van der Waals surface area contributed by atoms with Crippen molar-refractivity contribution in [3.8, 4) is 5.75 Å². The number of carbonyl (C=O) groups is 6. The molecule has 1 saturated heterocycles. The Bertz CT molecular complexity index is 2660. The van der Waals surface area contributed by atoms with Gasteiger partial charge in [0.1, 0.15) is 56.2 Å². The number of halogens is 1. The Morgan fingerprint density at radius 3 is 2.43 bits per heavy atom. The number of nitrogens with zero attached hydrogens (tertiary/aromatic N) is 6. The SMILES string of the molecule is BOC(=O)[C@H](C)O/N=C(\C(=O)NC1C(=O)N2C(C(=O)OCc3ccc(OC)cc3)=C(C[n+]3cccc4c3ccn4CCCN(C)C(=O)OC(C)(C)C)CSC12)c1nc(NC(=O)OC(C)(C)C)sc1Cl. The normalized spacial score (nSPS) is 16.5. The van der Waals surface area contributed by atoms with E-state index in [-0.39, 0.29) is 39.8 Å². The molecule has 2 aliphatic rings. The van der Waals surface area contributed by atoms with Gasteiger partial charge in [0.15, 0.2) is 23.6 Å². The third-order valence-corrected chi connectivity index (χ3v) is 12.8. The van der Waals surface area contributed by atoms with Gasteiger partial charge in [-0.25, -0.2) is 24.2 Å². The zero-order valence-electron chi connectivity index (χ0n) is 39.9. The summed E-state index contributed by atoms with van der Waals surface area (Å²) in [5.74, 6) is -2.20. The van der Waals surface area contributed by atoms with E-state index in [0.717, 1.165) is 30.4 Å². The molecule has 4 aromatic rings. The Morgan fingerprint density at radius 1 is 1.06 bits per heavy atom. The number of ether oxygens (including phenoxy) is 4. The van der Waals surface area contributed by atoms with Crippen LogP contribution in [0.3, 0.4) is 0 Å². The summed E-state index contributed by atoms with van der Waals surface area (Å²) in [7, 11) is 4.40. The first-order valence-corrected chi connectivity index (χ1v) is 24.0. The number of anilines is 1. The van der Waals surface area contributed by atoms with Crippen LogP contribution in [0.4, 0.5) is 14.7 Å². The lowest BCUT2D eigenvalue weighted by Gasteiger charge is -2.49. The predicted molar refractivity (Wildman–Crippen MR) is 259 cm³/mol. The van der Waals surface area contributed by atoms with Gasteiger partial charge in [0.05, 0.1) is 7.11 Å². The summed E-state index contributed by atoms with van der Waals surface area (Å²) in [6.07, 6.45) is 2.01. The van der Waals surface area contributed by atoms with Gasteiger partial charge in [-0.2, -0.15) is 4.57 Å². The number of pyridine rings is 1. The highest BCUT2D eigenvalue weighted by atomic mass is 35.5. The number of β-lactam (4-membered cyclic amide) rings is 1. The molecule has 3 atom stereocenters. The van der Waals surface area contributed by atoms with E-state index in [9.17, 15) is 28.8 Å². The number of carbonyl (C=O) groups excluding carboxylic acids is 6. The van der Waals surface area contributed by atoms with Crippen molar-refractivity contribution in [1.82, 2.24) is 24.7 Å². The van der Waals surface area contributed by atoms with Gasteiger partial charge in [-0.15, -0.1) is 11.8 Å². The molecule has 2 unspecified atom stereocenters. The number of nitrogens with one attached hydrogen (secondary N) is 2. The van der Waals surface area contributed by atoms with Crippen molar-refractivity contribution in [2.45, 2.75) is 103 Å². The summed E-state index contributed by atoms with van der Waals surface area (Å²) in [5.41, 5.74) is 0.946. The minimum Gasteiger partial charge on any atom is -0.541 e. The lowest BCUT2D eigenvalue weighted by Crippen LogP contribution is -2.71. The molecule has 0 saturated carbocycles. The van der Waals surface area contributed by atoms with Crippen molar-refractivity contribution in [3.05, 3.63) is 81.7 Å². The number of esters is 1. The molecule has 368 valence electrons. The Morgan fingerprint density at radius 2 is 1.77 bits per heavy atom. The number of thiazole rings is 1. The molecule has 0 spiro atoms. The predicted octanol–water partition coefficient (Wildman–Crippen LogP) is 4.95. The standard InChI is InChI=1S/C45H54BClN8O12S2/c1-25(39(58)66-46)67-51-32(31-35(47)69-41(49-31)50-42(60)64-44(2,3)4)36(56)48-33-37(57)55-34(40(59)63-23-26-13-15-28(62-9)16-14-26)27(24-68-38(33)55)22-54-19-10-12-29-30(54)17-21-53(29)20-11-18-52(8)43(61)65-45(5,6)7/h10,12-17,19,21,25,33,38H,11,18,20,22-24,46H2,1-9H3,(H-,48,49,50,56,60)/p+1/b51-32-/t25-,33?,38?/m0/s1. The van der Waals surface area contributed by atoms with Gasteiger partial charge in [-0.3, -0.25) is 19.8 Å². The maximum Gasteiger partial charge on any atom is 0.413 e. The average Bonchev–Trinajstić information content (AvgIpc) is 3.87. The van der Waals surface area contributed by atoms with Crippen molar-refractivity contribution in [2.75, 3.05) is 31.8 Å². The molecule has 3 aromatic heterocycles. The Balaban J connectivity index is 1.25. The van der Waals surface area contributed by atoms with Gasteiger partial charge in [-0.05, 0) is 78.6 Å². The van der Waals surface area contributed by atoms with Gasteiger partial charge in [0, 0.05) is 49.8 Å². The first-order chi connectivity index (χ1) is 32.6. The van der Waals surface area contributed by atoms with Crippen LogP contribution in [-0.4, -0.2) is 124 Å². The van der Waals surface area contributed by atoms with E-state index in [1.54, 1.807) is 64.1 Å². The fourth-order valence-electron chi connectivity index (χ4n) is 7.03. The largest absolute Gasteiger partial charge is 0.541 e. The molecule has 2 N–H and O–H groups in total. The summed E-state index contributed by atoms with van der Waals surface area (Å²) >= 11 is 8.68. The maximum absolute atomic E-state index is 14.3. The molecule has 6 rings (SSSR count). The van der Waals surface area contributed by atoms with Crippen molar-refractivity contribution in [1.29, 1.82) is 0 Å². The Kier molecular flexibility index (Phi) is 16.6. The van der Waals surface area contributed by atoms with Crippen LogP contribution >= 0.6 is 34.7 Å². The summed E-state index contributed by atoms with van der Waals surface area (Å²) in [6.45, 7) is 13.1. The van der Waals surface area contributed by atoms with E-state index in [2.05, 4.69) is 25.3 Å². The smallest absolute Gasteiger partial charge is 0.413 e. The van der Waals surface area contributed by atoms with Crippen LogP contribution in [0.25, 0.3) is 11.0 Å². The van der Waals surface area contributed by atoms with Gasteiger partial charge < -0.3 is 43.2 Å². The highest BCUT2D eigenvalue weighted by Crippen LogP contribution is 2.41. The zero-order valence-corrected chi connectivity index (χ0v) is 42.3. The molecule has 0 bridgehead atoms. The number of aryl methyl sites for hydroxylation is 1. The second-order valence-corrected chi connectivity index (χ2v) is 20.6. The van der Waals surface area contributed by atoms with Gasteiger partial charge in [-0.1, -0.05) is 40.2 Å². The number of thioether (sulfide) groups is 1. The van der Waals surface area contributed by atoms with Gasteiger partial charge >= 0.3 is 32.2 Å². The minimum absolute atomic E-state index is 0.0387. The topological polar surface area (TPSA) is 222 Å². The number of amides is 4. The molecule has 0 aliphatic carbocycles. The minimum atomic E-state index is -1.26. The lowest BCUT2D eigenvalue weighted by atomic mass is 10.0. The number of hydrogen-bond acceptors (Lipinski definition) is 16. The second kappa shape index (κ2) is 22.0. The molecule has 1 aromatic carbocycles. The van der Waals surface area contributed by atoms with Crippen LogP contribution in [0.1, 0.15) is 66.1 Å².